The van der Waals surface area contributed by atoms with Gasteiger partial charge in [0.25, 0.3) is 17.7 Å². The summed E-state index contributed by atoms with van der Waals surface area (Å²) in [6.07, 6.45) is 0. The molecule has 8 heteroatoms. The highest BCUT2D eigenvalue weighted by Gasteiger charge is 2.37. The first-order chi connectivity index (χ1) is 15.9. The molecule has 0 fully saturated rings. The second-order valence-electron chi connectivity index (χ2n) is 7.38. The van der Waals surface area contributed by atoms with E-state index in [0.717, 1.165) is 16.0 Å². The molecular formula is C25H19ClFN3O3. The third-order valence-corrected chi connectivity index (χ3v) is 5.43. The summed E-state index contributed by atoms with van der Waals surface area (Å²) in [6.45, 7) is 0.376. The van der Waals surface area contributed by atoms with E-state index in [1.54, 1.807) is 24.3 Å². The summed E-state index contributed by atoms with van der Waals surface area (Å²) in [6, 6.07) is 21.4. The number of anilines is 1. The highest BCUT2D eigenvalue weighted by molar-refractivity contribution is 6.47. The zero-order chi connectivity index (χ0) is 23.4. The maximum atomic E-state index is 13.0. The van der Waals surface area contributed by atoms with E-state index in [9.17, 15) is 18.8 Å². The van der Waals surface area contributed by atoms with Gasteiger partial charge in [0, 0.05) is 17.8 Å². The Kier molecular flexibility index (Phi) is 6.51. The summed E-state index contributed by atoms with van der Waals surface area (Å²) in [5.74, 6) is -1.74. The van der Waals surface area contributed by atoms with Crippen molar-refractivity contribution in [2.45, 2.75) is 13.1 Å². The molecule has 0 spiro atoms. The number of halogens is 2. The summed E-state index contributed by atoms with van der Waals surface area (Å²) >= 11 is 6.13. The first-order valence-electron chi connectivity index (χ1n) is 10.1. The van der Waals surface area contributed by atoms with Gasteiger partial charge in [-0.25, -0.2) is 4.39 Å². The quantitative estimate of drug-likeness (QED) is 0.515. The van der Waals surface area contributed by atoms with Crippen molar-refractivity contribution in [3.8, 4) is 0 Å². The fraction of sp³-hybridized carbons (Fsp3) is 0.0800. The standard InChI is InChI=1S/C25H19ClFN3O3/c26-21-22(25(33)30(24(21)32)15-17-4-2-1-3-5-17)28-14-16-6-8-18(9-7-16)23(31)29-20-12-10-19(27)11-13-20/h1-13,28H,14-15H2,(H,29,31). The molecule has 0 unspecified atom stereocenters. The predicted octanol–water partition coefficient (Wildman–Crippen LogP) is 4.19. The molecule has 1 heterocycles. The number of imide groups is 1. The molecule has 0 aliphatic carbocycles. The number of carbonyl (C=O) groups is 3. The van der Waals surface area contributed by atoms with Crippen molar-refractivity contribution in [2.24, 2.45) is 0 Å². The molecular weight excluding hydrogens is 445 g/mol. The molecule has 0 saturated carbocycles. The van der Waals surface area contributed by atoms with E-state index in [-0.39, 0.29) is 35.5 Å². The Morgan fingerprint density at radius 3 is 2.18 bits per heavy atom. The highest BCUT2D eigenvalue weighted by atomic mass is 35.5. The molecule has 2 N–H and O–H groups in total. The van der Waals surface area contributed by atoms with Gasteiger partial charge in [-0.3, -0.25) is 19.3 Å². The second kappa shape index (κ2) is 9.67. The van der Waals surface area contributed by atoms with Crippen LogP contribution in [-0.4, -0.2) is 22.6 Å². The lowest BCUT2D eigenvalue weighted by Crippen LogP contribution is -2.33. The van der Waals surface area contributed by atoms with Crippen LogP contribution in [0.1, 0.15) is 21.5 Å². The monoisotopic (exact) mass is 463 g/mol. The van der Waals surface area contributed by atoms with Gasteiger partial charge in [0.1, 0.15) is 16.5 Å². The van der Waals surface area contributed by atoms with Crippen LogP contribution in [0, 0.1) is 5.82 Å². The van der Waals surface area contributed by atoms with Crippen molar-refractivity contribution in [1.82, 2.24) is 10.2 Å². The Morgan fingerprint density at radius 2 is 1.52 bits per heavy atom. The maximum absolute atomic E-state index is 13.0. The van der Waals surface area contributed by atoms with Crippen LogP contribution in [0.3, 0.4) is 0 Å². The molecule has 4 rings (SSSR count). The average molecular weight is 464 g/mol. The first-order valence-corrected chi connectivity index (χ1v) is 10.5. The number of benzene rings is 3. The number of nitrogens with zero attached hydrogens (tertiary/aromatic N) is 1. The van der Waals surface area contributed by atoms with Gasteiger partial charge in [0.15, 0.2) is 0 Å². The van der Waals surface area contributed by atoms with Crippen molar-refractivity contribution < 1.29 is 18.8 Å². The Bertz CT molecular complexity index is 1230. The molecule has 0 radical (unpaired) electrons. The summed E-state index contributed by atoms with van der Waals surface area (Å²) in [5.41, 5.74) is 2.56. The molecule has 33 heavy (non-hydrogen) atoms. The van der Waals surface area contributed by atoms with E-state index in [1.165, 1.54) is 24.3 Å². The van der Waals surface area contributed by atoms with Crippen LogP contribution < -0.4 is 10.6 Å². The maximum Gasteiger partial charge on any atom is 0.278 e. The van der Waals surface area contributed by atoms with E-state index in [1.807, 2.05) is 30.3 Å². The van der Waals surface area contributed by atoms with Gasteiger partial charge in [-0.15, -0.1) is 0 Å². The summed E-state index contributed by atoms with van der Waals surface area (Å²) in [5, 5.41) is 5.48. The molecule has 6 nitrogen and oxygen atoms in total. The van der Waals surface area contributed by atoms with Gasteiger partial charge in [-0.05, 0) is 47.5 Å². The van der Waals surface area contributed by atoms with E-state index in [4.69, 9.17) is 11.6 Å². The number of hydrogen-bond donors (Lipinski definition) is 2. The highest BCUT2D eigenvalue weighted by Crippen LogP contribution is 2.24. The minimum atomic E-state index is -0.541. The molecule has 0 atom stereocenters. The third kappa shape index (κ3) is 5.10. The molecule has 0 saturated heterocycles. The van der Waals surface area contributed by atoms with Crippen LogP contribution in [0.4, 0.5) is 10.1 Å². The summed E-state index contributed by atoms with van der Waals surface area (Å²) in [4.78, 5) is 38.6. The van der Waals surface area contributed by atoms with Gasteiger partial charge in [0.2, 0.25) is 0 Å². The van der Waals surface area contributed by atoms with Crippen molar-refractivity contribution in [1.29, 1.82) is 0 Å². The molecule has 3 amide bonds. The molecule has 0 bridgehead atoms. The van der Waals surface area contributed by atoms with Crippen molar-refractivity contribution in [3.05, 3.63) is 112 Å². The van der Waals surface area contributed by atoms with Gasteiger partial charge < -0.3 is 10.6 Å². The van der Waals surface area contributed by atoms with Gasteiger partial charge in [0.05, 0.1) is 6.54 Å². The lowest BCUT2D eigenvalue weighted by molar-refractivity contribution is -0.138. The van der Waals surface area contributed by atoms with Crippen LogP contribution in [0.5, 0.6) is 0 Å². The normalized spacial score (nSPS) is 13.5. The number of rotatable bonds is 7. The van der Waals surface area contributed by atoms with Crippen LogP contribution in [0.15, 0.2) is 89.6 Å². The number of nitrogens with one attached hydrogen (secondary N) is 2. The molecule has 1 aliphatic rings. The molecule has 1 aliphatic heterocycles. The van der Waals surface area contributed by atoms with E-state index < -0.39 is 11.8 Å². The van der Waals surface area contributed by atoms with Crippen LogP contribution in [0.2, 0.25) is 0 Å². The topological polar surface area (TPSA) is 78.5 Å². The Balaban J connectivity index is 1.36. The zero-order valence-electron chi connectivity index (χ0n) is 17.3. The minimum Gasteiger partial charge on any atom is -0.375 e. The van der Waals surface area contributed by atoms with E-state index >= 15 is 0 Å². The van der Waals surface area contributed by atoms with Crippen molar-refractivity contribution >= 4 is 35.0 Å². The average Bonchev–Trinajstić information content (AvgIpc) is 3.03. The van der Waals surface area contributed by atoms with E-state index in [2.05, 4.69) is 10.6 Å². The van der Waals surface area contributed by atoms with Gasteiger partial charge in [-0.2, -0.15) is 0 Å². The number of amides is 3. The molecule has 3 aromatic rings. The lowest BCUT2D eigenvalue weighted by Gasteiger charge is -2.15. The van der Waals surface area contributed by atoms with Crippen LogP contribution in [-0.2, 0) is 22.7 Å². The first kappa shape index (κ1) is 22.2. The van der Waals surface area contributed by atoms with Crippen molar-refractivity contribution in [2.75, 3.05) is 5.32 Å². The second-order valence-corrected chi connectivity index (χ2v) is 7.76. The van der Waals surface area contributed by atoms with Crippen molar-refractivity contribution in [3.63, 3.8) is 0 Å². The van der Waals surface area contributed by atoms with Gasteiger partial charge >= 0.3 is 0 Å². The third-order valence-electron chi connectivity index (χ3n) is 5.08. The summed E-state index contributed by atoms with van der Waals surface area (Å²) in [7, 11) is 0. The predicted molar refractivity (Wildman–Crippen MR) is 123 cm³/mol. The Hall–Kier alpha value is -3.97. The zero-order valence-corrected chi connectivity index (χ0v) is 18.1. The van der Waals surface area contributed by atoms with Crippen LogP contribution >= 0.6 is 11.6 Å². The smallest absolute Gasteiger partial charge is 0.278 e. The number of carbonyl (C=O) groups excluding carboxylic acids is 3. The fourth-order valence-corrected chi connectivity index (χ4v) is 3.56. The van der Waals surface area contributed by atoms with Crippen LogP contribution in [0.25, 0.3) is 0 Å². The summed E-state index contributed by atoms with van der Waals surface area (Å²) < 4.78 is 13.0. The Morgan fingerprint density at radius 1 is 0.848 bits per heavy atom. The molecule has 166 valence electrons. The van der Waals surface area contributed by atoms with E-state index in [0.29, 0.717) is 11.3 Å². The number of hydrogen-bond acceptors (Lipinski definition) is 4. The SMILES string of the molecule is O=C(Nc1ccc(F)cc1)c1ccc(CNC2=C(Cl)C(=O)N(Cc3ccccc3)C2=O)cc1. The largest absolute Gasteiger partial charge is 0.375 e. The lowest BCUT2D eigenvalue weighted by atomic mass is 10.1. The minimum absolute atomic E-state index is 0.0516. The fourth-order valence-electron chi connectivity index (χ4n) is 3.31. The molecule has 0 aromatic heterocycles. The Labute approximate surface area is 194 Å². The molecule has 3 aromatic carbocycles. The van der Waals surface area contributed by atoms with Gasteiger partial charge in [-0.1, -0.05) is 54.1 Å².